The van der Waals surface area contributed by atoms with E-state index < -0.39 is 29.5 Å². The Morgan fingerprint density at radius 1 is 1.32 bits per heavy atom. The zero-order chi connectivity index (χ0) is 22.6. The van der Waals surface area contributed by atoms with Gasteiger partial charge >= 0.3 is 5.97 Å². The first-order valence-corrected chi connectivity index (χ1v) is 10.7. The average Bonchev–Trinajstić information content (AvgIpc) is 3.29. The number of nitrogens with zero attached hydrogens (tertiary/aromatic N) is 1. The zero-order valence-corrected chi connectivity index (χ0v) is 18.3. The molecule has 3 N–H and O–H groups in total. The number of ether oxygens (including phenoxy) is 2. The average molecular weight is 430 g/mol. The van der Waals surface area contributed by atoms with Crippen molar-refractivity contribution >= 4 is 28.7 Å². The summed E-state index contributed by atoms with van der Waals surface area (Å²) in [6.45, 7) is 6.75. The fourth-order valence-corrected chi connectivity index (χ4v) is 4.63. The van der Waals surface area contributed by atoms with Gasteiger partial charge in [0.05, 0.1) is 11.8 Å². The quantitative estimate of drug-likeness (QED) is 0.562. The Labute approximate surface area is 182 Å². The molecule has 1 aliphatic rings. The lowest BCUT2D eigenvalue weighted by atomic mass is 9.63. The molecule has 1 aromatic carbocycles. The number of primary amides is 1. The lowest BCUT2D eigenvalue weighted by molar-refractivity contribution is -0.180. The van der Waals surface area contributed by atoms with E-state index in [2.05, 4.69) is 9.88 Å². The van der Waals surface area contributed by atoms with E-state index in [0.717, 1.165) is 10.9 Å². The number of rotatable bonds is 10. The second kappa shape index (κ2) is 9.51. The summed E-state index contributed by atoms with van der Waals surface area (Å²) in [6.07, 6.45) is 0.919. The second-order valence-electron chi connectivity index (χ2n) is 8.29. The van der Waals surface area contributed by atoms with Gasteiger partial charge in [0.15, 0.2) is 0 Å². The Kier molecular flexibility index (Phi) is 7.00. The van der Waals surface area contributed by atoms with Crippen LogP contribution in [0.25, 0.3) is 10.9 Å². The maximum absolute atomic E-state index is 13.5. The number of benzene rings is 1. The normalized spacial score (nSPS) is 20.6. The highest BCUT2D eigenvalue weighted by atomic mass is 16.7. The molecular formula is C23H31N3O5. The van der Waals surface area contributed by atoms with Crippen molar-refractivity contribution in [1.82, 2.24) is 9.88 Å². The van der Waals surface area contributed by atoms with Crippen molar-refractivity contribution in [3.8, 4) is 0 Å². The van der Waals surface area contributed by atoms with Crippen LogP contribution in [0.1, 0.15) is 33.6 Å². The Morgan fingerprint density at radius 2 is 2.06 bits per heavy atom. The van der Waals surface area contributed by atoms with Crippen LogP contribution in [0.15, 0.2) is 36.5 Å². The minimum atomic E-state index is -1.21. The Bertz CT molecular complexity index is 954. The summed E-state index contributed by atoms with van der Waals surface area (Å²) < 4.78 is 13.0. The lowest BCUT2D eigenvalue weighted by Crippen LogP contribution is -2.54. The van der Waals surface area contributed by atoms with E-state index in [1.807, 2.05) is 50.4 Å². The van der Waals surface area contributed by atoms with Crippen molar-refractivity contribution in [2.24, 2.45) is 23.0 Å². The number of cyclic esters (lactones) is 1. The van der Waals surface area contributed by atoms with Gasteiger partial charge in [-0.25, -0.2) is 0 Å². The van der Waals surface area contributed by atoms with Gasteiger partial charge in [-0.05, 0) is 30.4 Å². The number of para-hydroxylation sites is 1. The zero-order valence-electron chi connectivity index (χ0n) is 18.3. The van der Waals surface area contributed by atoms with Crippen LogP contribution in [0.2, 0.25) is 0 Å². The molecule has 8 heteroatoms. The summed E-state index contributed by atoms with van der Waals surface area (Å²) in [5, 5.41) is 4.10. The molecule has 2 aromatic rings. The molecule has 1 fully saturated rings. The fraction of sp³-hybridized carbons (Fsp3) is 0.522. The maximum atomic E-state index is 13.5. The largest absolute Gasteiger partial charge is 0.435 e. The maximum Gasteiger partial charge on any atom is 0.308 e. The van der Waals surface area contributed by atoms with Crippen LogP contribution in [0.3, 0.4) is 0 Å². The number of aromatic nitrogens is 1. The monoisotopic (exact) mass is 429 g/mol. The predicted octanol–water partition coefficient (Wildman–Crippen LogP) is 2.20. The number of carbonyl (C=O) groups is 3. The molecule has 1 saturated heterocycles. The highest BCUT2D eigenvalue weighted by Crippen LogP contribution is 2.47. The summed E-state index contributed by atoms with van der Waals surface area (Å²) in [6, 6.07) is 10.0. The van der Waals surface area contributed by atoms with Crippen LogP contribution in [0.5, 0.6) is 0 Å². The molecule has 0 radical (unpaired) electrons. The SMILES string of the molecule is CCOC1OC(=O)CC1C(CC(N)=O)(C(=O)NCCn1ccc2ccccc21)C(C)C. The number of nitrogens with one attached hydrogen (secondary N) is 1. The van der Waals surface area contributed by atoms with E-state index in [1.165, 1.54) is 0 Å². The molecule has 1 aliphatic heterocycles. The van der Waals surface area contributed by atoms with Gasteiger partial charge in [0.2, 0.25) is 18.1 Å². The standard InChI is InChI=1S/C23H31N3O5/c1-4-30-21-17(13-20(28)31-21)23(15(2)3,14-19(24)27)22(29)25-10-12-26-11-9-16-7-5-6-8-18(16)26/h5-9,11,15,17,21H,4,10,12-14H2,1-3H3,(H2,24,27)(H,25,29). The highest BCUT2D eigenvalue weighted by molar-refractivity contribution is 5.90. The van der Waals surface area contributed by atoms with Crippen LogP contribution >= 0.6 is 0 Å². The van der Waals surface area contributed by atoms with Crippen LogP contribution in [-0.2, 0) is 30.4 Å². The minimum Gasteiger partial charge on any atom is -0.435 e. The van der Waals surface area contributed by atoms with Crippen molar-refractivity contribution in [1.29, 1.82) is 0 Å². The summed E-state index contributed by atoms with van der Waals surface area (Å²) in [5.74, 6) is -2.22. The van der Waals surface area contributed by atoms with Gasteiger partial charge in [0, 0.05) is 43.7 Å². The summed E-state index contributed by atoms with van der Waals surface area (Å²) in [7, 11) is 0. The van der Waals surface area contributed by atoms with Gasteiger partial charge < -0.3 is 25.1 Å². The van der Waals surface area contributed by atoms with Gasteiger partial charge in [0.25, 0.3) is 0 Å². The predicted molar refractivity (Wildman–Crippen MR) is 116 cm³/mol. The number of carbonyl (C=O) groups excluding carboxylic acids is 3. The van der Waals surface area contributed by atoms with Crippen LogP contribution in [-0.4, -0.2) is 41.8 Å². The molecule has 1 aromatic heterocycles. The van der Waals surface area contributed by atoms with E-state index >= 15 is 0 Å². The first-order valence-electron chi connectivity index (χ1n) is 10.7. The van der Waals surface area contributed by atoms with Crippen molar-refractivity contribution in [3.63, 3.8) is 0 Å². The van der Waals surface area contributed by atoms with Gasteiger partial charge in [-0.1, -0.05) is 32.0 Å². The highest BCUT2D eigenvalue weighted by Gasteiger charge is 2.56. The lowest BCUT2D eigenvalue weighted by Gasteiger charge is -2.41. The van der Waals surface area contributed by atoms with E-state index in [0.29, 0.717) is 19.7 Å². The molecule has 0 aliphatic carbocycles. The molecule has 0 spiro atoms. The Balaban J connectivity index is 1.81. The second-order valence-corrected chi connectivity index (χ2v) is 8.29. The van der Waals surface area contributed by atoms with E-state index in [4.69, 9.17) is 15.2 Å². The van der Waals surface area contributed by atoms with E-state index in [9.17, 15) is 14.4 Å². The molecule has 3 atom stereocenters. The number of esters is 1. The number of amides is 2. The number of nitrogens with two attached hydrogens (primary N) is 1. The topological polar surface area (TPSA) is 113 Å². The summed E-state index contributed by atoms with van der Waals surface area (Å²) >= 11 is 0. The first-order chi connectivity index (χ1) is 14.8. The third-order valence-corrected chi connectivity index (χ3v) is 6.19. The van der Waals surface area contributed by atoms with Crippen LogP contribution in [0.4, 0.5) is 0 Å². The molecule has 0 saturated carbocycles. The Hall–Kier alpha value is -2.87. The first kappa shape index (κ1) is 22.8. The molecule has 2 heterocycles. The minimum absolute atomic E-state index is 0.00574. The Morgan fingerprint density at radius 3 is 2.74 bits per heavy atom. The molecule has 0 bridgehead atoms. The van der Waals surface area contributed by atoms with Gasteiger partial charge in [0.1, 0.15) is 0 Å². The van der Waals surface area contributed by atoms with Crippen molar-refractivity contribution in [2.45, 2.75) is 46.4 Å². The van der Waals surface area contributed by atoms with Crippen LogP contribution < -0.4 is 11.1 Å². The molecular weight excluding hydrogens is 398 g/mol. The molecule has 31 heavy (non-hydrogen) atoms. The molecule has 3 rings (SSSR count). The van der Waals surface area contributed by atoms with Crippen molar-refractivity contribution < 1.29 is 23.9 Å². The molecule has 8 nitrogen and oxygen atoms in total. The van der Waals surface area contributed by atoms with Gasteiger partial charge in [-0.2, -0.15) is 0 Å². The fourth-order valence-electron chi connectivity index (χ4n) is 4.63. The number of hydrogen-bond donors (Lipinski definition) is 2. The molecule has 2 amide bonds. The van der Waals surface area contributed by atoms with Crippen molar-refractivity contribution in [3.05, 3.63) is 36.5 Å². The number of hydrogen-bond acceptors (Lipinski definition) is 5. The third-order valence-electron chi connectivity index (χ3n) is 6.19. The molecule has 3 unspecified atom stereocenters. The van der Waals surface area contributed by atoms with Crippen molar-refractivity contribution in [2.75, 3.05) is 13.2 Å². The smallest absolute Gasteiger partial charge is 0.308 e. The van der Waals surface area contributed by atoms with E-state index in [-0.39, 0.29) is 24.7 Å². The molecule has 168 valence electrons. The van der Waals surface area contributed by atoms with Crippen LogP contribution in [0, 0.1) is 17.3 Å². The van der Waals surface area contributed by atoms with E-state index in [1.54, 1.807) is 6.92 Å². The summed E-state index contributed by atoms with van der Waals surface area (Å²) in [5.41, 5.74) is 5.42. The van der Waals surface area contributed by atoms with Gasteiger partial charge in [-0.15, -0.1) is 0 Å². The van der Waals surface area contributed by atoms with Gasteiger partial charge in [-0.3, -0.25) is 14.4 Å². The summed E-state index contributed by atoms with van der Waals surface area (Å²) in [4.78, 5) is 37.6. The number of fused-ring (bicyclic) bond motifs is 1. The third kappa shape index (κ3) is 4.58.